The summed E-state index contributed by atoms with van der Waals surface area (Å²) in [5, 5.41) is 9.83. The molecule has 1 amide bonds. The van der Waals surface area contributed by atoms with Crippen LogP contribution in [0.25, 0.3) is 6.08 Å². The van der Waals surface area contributed by atoms with Crippen LogP contribution in [0.15, 0.2) is 27.9 Å². The molecule has 1 aromatic heterocycles. The van der Waals surface area contributed by atoms with Crippen molar-refractivity contribution in [2.45, 2.75) is 33.7 Å². The van der Waals surface area contributed by atoms with E-state index in [0.717, 1.165) is 49.7 Å². The van der Waals surface area contributed by atoms with E-state index in [9.17, 15) is 14.9 Å². The Morgan fingerprint density at radius 2 is 1.77 bits per heavy atom. The molecule has 0 spiro atoms. The Kier molecular flexibility index (Phi) is 9.56. The van der Waals surface area contributed by atoms with Gasteiger partial charge in [-0.15, -0.1) is 0 Å². The smallest absolute Gasteiger partial charge is 0.270 e. The number of thioether (sulfide) groups is 1. The summed E-state index contributed by atoms with van der Waals surface area (Å²) >= 11 is 6.86. The van der Waals surface area contributed by atoms with Crippen LogP contribution in [0, 0.1) is 18.3 Å². The molecule has 212 valence electrons. The van der Waals surface area contributed by atoms with Gasteiger partial charge in [0.15, 0.2) is 11.5 Å². The Hall–Kier alpha value is -3.33. The van der Waals surface area contributed by atoms with Crippen LogP contribution in [0.4, 0.5) is 5.82 Å². The lowest BCUT2D eigenvalue weighted by molar-refractivity contribution is -0.122. The lowest BCUT2D eigenvalue weighted by Crippen LogP contribution is -2.48. The predicted octanol–water partition coefficient (Wildman–Crippen LogP) is 3.65. The van der Waals surface area contributed by atoms with Crippen molar-refractivity contribution in [3.63, 3.8) is 0 Å². The highest BCUT2D eigenvalue weighted by atomic mass is 32.2. The largest absolute Gasteiger partial charge is 0.493 e. The zero-order valence-corrected chi connectivity index (χ0v) is 25.3. The summed E-state index contributed by atoms with van der Waals surface area (Å²) in [4.78, 5) is 33.5. The summed E-state index contributed by atoms with van der Waals surface area (Å²) in [7, 11) is 3.18. The second kappa shape index (κ2) is 12.9. The molecule has 4 rings (SSSR count). The highest BCUT2D eigenvalue weighted by molar-refractivity contribution is 8.26. The normalized spacial score (nSPS) is 17.1. The van der Waals surface area contributed by atoms with E-state index in [1.54, 1.807) is 30.6 Å². The van der Waals surface area contributed by atoms with Crippen molar-refractivity contribution in [3.05, 3.63) is 55.7 Å². The van der Waals surface area contributed by atoms with Gasteiger partial charge in [0.05, 0.1) is 19.1 Å². The first-order valence-corrected chi connectivity index (χ1v) is 14.6. The average molecular weight is 582 g/mol. The third-order valence-electron chi connectivity index (χ3n) is 7.50. The quantitative estimate of drug-likeness (QED) is 0.325. The van der Waals surface area contributed by atoms with Crippen LogP contribution in [0.2, 0.25) is 0 Å². The van der Waals surface area contributed by atoms with Gasteiger partial charge in [-0.25, -0.2) is 0 Å². The van der Waals surface area contributed by atoms with E-state index >= 15 is 0 Å². The van der Waals surface area contributed by atoms with E-state index in [4.69, 9.17) is 21.7 Å². The fraction of sp³-hybridized carbons (Fsp3) is 0.448. The molecule has 0 atom stereocenters. The number of pyridine rings is 1. The molecule has 11 heteroatoms. The number of thiocarbonyl (C=S) groups is 1. The molecule has 2 aliphatic rings. The average Bonchev–Trinajstić information content (AvgIpc) is 3.24. The Labute approximate surface area is 244 Å². The van der Waals surface area contributed by atoms with Crippen LogP contribution in [-0.4, -0.2) is 78.1 Å². The fourth-order valence-corrected chi connectivity index (χ4v) is 6.45. The second-order valence-corrected chi connectivity index (χ2v) is 11.3. The first-order chi connectivity index (χ1) is 19.3. The number of hydrogen-bond acceptors (Lipinski definition) is 9. The van der Waals surface area contributed by atoms with Crippen molar-refractivity contribution < 1.29 is 14.3 Å². The van der Waals surface area contributed by atoms with E-state index in [-0.39, 0.29) is 17.0 Å². The number of nitriles is 1. The molecule has 0 N–H and O–H groups in total. The Morgan fingerprint density at radius 3 is 2.38 bits per heavy atom. The van der Waals surface area contributed by atoms with Gasteiger partial charge in [-0.3, -0.25) is 19.1 Å². The molecular formula is C29H35N5O4S2. The molecule has 40 heavy (non-hydrogen) atoms. The van der Waals surface area contributed by atoms with Gasteiger partial charge < -0.3 is 19.3 Å². The van der Waals surface area contributed by atoms with Crippen molar-refractivity contribution in [2.75, 3.05) is 58.4 Å². The van der Waals surface area contributed by atoms with Crippen LogP contribution in [0.3, 0.4) is 0 Å². The SMILES string of the molecule is CCN1CCN(c2c(C=C3SC(=S)N(CCc4ccc(OC)c(OC)c4)C3=O)c(C)c(C#N)c(=O)n2CC)CC1. The summed E-state index contributed by atoms with van der Waals surface area (Å²) < 4.78 is 12.9. The molecule has 1 aromatic carbocycles. The number of carbonyl (C=O) groups excluding carboxylic acids is 1. The first-order valence-electron chi connectivity index (χ1n) is 13.4. The third kappa shape index (κ3) is 5.75. The molecule has 2 aromatic rings. The van der Waals surface area contributed by atoms with Gasteiger partial charge in [0, 0.05) is 44.8 Å². The van der Waals surface area contributed by atoms with E-state index in [1.165, 1.54) is 11.8 Å². The van der Waals surface area contributed by atoms with E-state index in [0.29, 0.717) is 45.8 Å². The fourth-order valence-electron chi connectivity index (χ4n) is 5.16. The molecule has 2 saturated heterocycles. The molecule has 0 aliphatic carbocycles. The van der Waals surface area contributed by atoms with Crippen LogP contribution >= 0.6 is 24.0 Å². The summed E-state index contributed by atoms with van der Waals surface area (Å²) in [6, 6.07) is 7.79. The summed E-state index contributed by atoms with van der Waals surface area (Å²) in [5.41, 5.74) is 2.11. The topological polar surface area (TPSA) is 91.0 Å². The number of anilines is 1. The molecule has 0 saturated carbocycles. The maximum absolute atomic E-state index is 13.6. The van der Waals surface area contributed by atoms with Gasteiger partial charge in [-0.2, -0.15) is 5.26 Å². The number of benzene rings is 1. The number of piperazine rings is 1. The van der Waals surface area contributed by atoms with Gasteiger partial charge in [0.25, 0.3) is 11.5 Å². The number of carbonyl (C=O) groups is 1. The maximum atomic E-state index is 13.6. The Bertz CT molecular complexity index is 1440. The molecule has 3 heterocycles. The first kappa shape index (κ1) is 29.6. The number of rotatable bonds is 9. The van der Waals surface area contributed by atoms with E-state index < -0.39 is 0 Å². The Morgan fingerprint density at radius 1 is 1.07 bits per heavy atom. The number of hydrogen-bond donors (Lipinski definition) is 0. The minimum atomic E-state index is -0.296. The van der Waals surface area contributed by atoms with Crippen molar-refractivity contribution >= 4 is 46.1 Å². The number of amides is 1. The van der Waals surface area contributed by atoms with Gasteiger partial charge >= 0.3 is 0 Å². The lowest BCUT2D eigenvalue weighted by atomic mass is 10.0. The van der Waals surface area contributed by atoms with Gasteiger partial charge in [0.2, 0.25) is 0 Å². The van der Waals surface area contributed by atoms with Crippen LogP contribution in [0.5, 0.6) is 11.5 Å². The number of methoxy groups -OCH3 is 2. The lowest BCUT2D eigenvalue weighted by Gasteiger charge is -2.37. The molecule has 0 radical (unpaired) electrons. The highest BCUT2D eigenvalue weighted by Crippen LogP contribution is 2.36. The third-order valence-corrected chi connectivity index (χ3v) is 8.88. The van der Waals surface area contributed by atoms with Crippen LogP contribution in [-0.2, 0) is 17.8 Å². The minimum absolute atomic E-state index is 0.105. The number of ether oxygens (including phenoxy) is 2. The predicted molar refractivity (Wildman–Crippen MR) is 163 cm³/mol. The van der Waals surface area contributed by atoms with Gasteiger partial charge in [0.1, 0.15) is 21.8 Å². The summed E-state index contributed by atoms with van der Waals surface area (Å²) in [5.74, 6) is 1.86. The number of aromatic nitrogens is 1. The molecule has 2 aliphatic heterocycles. The van der Waals surface area contributed by atoms with Crippen LogP contribution < -0.4 is 19.9 Å². The standard InChI is InChI=1S/C29H35N5O4S2/c1-6-31-12-14-32(15-13-31)26-21(19(3)22(18-30)27(35)33(26)7-2)17-25-28(36)34(29(39)40-25)11-10-20-8-9-23(37-4)24(16-20)38-5/h8-9,16-17H,6-7,10-15H2,1-5H3. The van der Waals surface area contributed by atoms with Crippen molar-refractivity contribution in [3.8, 4) is 17.6 Å². The molecule has 0 unspecified atom stereocenters. The van der Waals surface area contributed by atoms with Gasteiger partial charge in [-0.05, 0) is 56.1 Å². The summed E-state index contributed by atoms with van der Waals surface area (Å²) in [6.07, 6.45) is 2.41. The maximum Gasteiger partial charge on any atom is 0.270 e. The Balaban J connectivity index is 1.67. The van der Waals surface area contributed by atoms with E-state index in [1.807, 2.05) is 31.2 Å². The number of likely N-dealkylation sites (N-methyl/N-ethyl adjacent to an activating group) is 1. The molecule has 2 fully saturated rings. The van der Waals surface area contributed by atoms with Crippen LogP contribution in [0.1, 0.15) is 36.1 Å². The summed E-state index contributed by atoms with van der Waals surface area (Å²) in [6.45, 7) is 10.9. The molecular weight excluding hydrogens is 546 g/mol. The zero-order chi connectivity index (χ0) is 29.0. The van der Waals surface area contributed by atoms with Crippen molar-refractivity contribution in [1.82, 2.24) is 14.4 Å². The van der Waals surface area contributed by atoms with Crippen molar-refractivity contribution in [1.29, 1.82) is 5.26 Å². The molecule has 0 bridgehead atoms. The zero-order valence-electron chi connectivity index (χ0n) is 23.7. The van der Waals surface area contributed by atoms with E-state index in [2.05, 4.69) is 22.8 Å². The molecule has 9 nitrogen and oxygen atoms in total. The monoisotopic (exact) mass is 581 g/mol. The van der Waals surface area contributed by atoms with Crippen molar-refractivity contribution in [2.24, 2.45) is 0 Å². The van der Waals surface area contributed by atoms with Gasteiger partial charge in [-0.1, -0.05) is 37.0 Å². The highest BCUT2D eigenvalue weighted by Gasteiger charge is 2.33. The minimum Gasteiger partial charge on any atom is -0.493 e. The number of nitrogens with zero attached hydrogens (tertiary/aromatic N) is 5. The second-order valence-electron chi connectivity index (χ2n) is 9.59.